The van der Waals surface area contributed by atoms with Gasteiger partial charge in [-0.15, -0.1) is 0 Å². The molecule has 2 rings (SSSR count). The van der Waals surface area contributed by atoms with E-state index in [4.69, 9.17) is 4.74 Å². The summed E-state index contributed by atoms with van der Waals surface area (Å²) in [7, 11) is 0. The van der Waals surface area contributed by atoms with E-state index in [-0.39, 0.29) is 29.5 Å². The van der Waals surface area contributed by atoms with Crippen LogP contribution in [0.1, 0.15) is 73.0 Å². The average molecular weight is 517 g/mol. The van der Waals surface area contributed by atoms with Crippen molar-refractivity contribution < 1.29 is 14.3 Å². The molecule has 0 saturated carbocycles. The summed E-state index contributed by atoms with van der Waals surface area (Å²) in [6, 6.07) is 5.42. The molecule has 2 aromatic rings. The molecule has 0 aliphatic rings. The second-order valence-electron chi connectivity index (χ2n) is 9.60. The third-order valence-corrected chi connectivity index (χ3v) is 5.43. The van der Waals surface area contributed by atoms with Crippen LogP contribution in [-0.2, 0) is 11.3 Å². The fraction of sp³-hybridized carbons (Fsp3) is 0.370. The monoisotopic (exact) mass is 516 g/mol. The van der Waals surface area contributed by atoms with Crippen LogP contribution in [0.3, 0.4) is 0 Å². The molecule has 11 nitrogen and oxygen atoms in total. The molecular weight excluding hydrogens is 484 g/mol. The number of allylic oxidation sites excluding steroid dienone is 2. The third-order valence-electron chi connectivity index (χ3n) is 5.43. The van der Waals surface area contributed by atoms with E-state index in [9.17, 15) is 20.1 Å². The Kier molecular flexibility index (Phi) is 9.66. The van der Waals surface area contributed by atoms with Crippen molar-refractivity contribution in [1.29, 1.82) is 10.5 Å². The van der Waals surface area contributed by atoms with E-state index in [0.29, 0.717) is 23.5 Å². The fourth-order valence-corrected chi connectivity index (χ4v) is 3.44. The van der Waals surface area contributed by atoms with E-state index < -0.39 is 17.6 Å². The van der Waals surface area contributed by atoms with Gasteiger partial charge in [0, 0.05) is 18.4 Å². The lowest BCUT2D eigenvalue weighted by molar-refractivity contribution is 0.0635. The number of nitrogens with one attached hydrogen (secondary N) is 2. The highest BCUT2D eigenvalue weighted by atomic mass is 16.6. The van der Waals surface area contributed by atoms with Gasteiger partial charge in [-0.05, 0) is 71.9 Å². The number of aliphatic imine (C=N–C) groups is 1. The molecular formula is C27H32N8O3. The Hall–Kier alpha value is -4.77. The summed E-state index contributed by atoms with van der Waals surface area (Å²) in [4.78, 5) is 33.1. The molecule has 0 aliphatic heterocycles. The Morgan fingerprint density at radius 3 is 2.55 bits per heavy atom. The van der Waals surface area contributed by atoms with Crippen LogP contribution in [0.25, 0.3) is 0 Å². The van der Waals surface area contributed by atoms with E-state index in [2.05, 4.69) is 39.0 Å². The Labute approximate surface area is 222 Å². The van der Waals surface area contributed by atoms with E-state index in [1.54, 1.807) is 39.8 Å². The van der Waals surface area contributed by atoms with Crippen molar-refractivity contribution in [2.75, 3.05) is 5.32 Å². The van der Waals surface area contributed by atoms with Crippen molar-refractivity contribution in [3.8, 4) is 12.1 Å². The van der Waals surface area contributed by atoms with Gasteiger partial charge < -0.3 is 10.1 Å². The number of carbonyl (C=O) groups is 2. The second-order valence-corrected chi connectivity index (χ2v) is 9.60. The smallest absolute Gasteiger partial charge is 0.413 e. The van der Waals surface area contributed by atoms with Crippen LogP contribution in [0.15, 0.2) is 41.2 Å². The normalized spacial score (nSPS) is 12.1. The molecule has 38 heavy (non-hydrogen) atoms. The lowest BCUT2D eigenvalue weighted by atomic mass is 10.1. The number of aryl methyl sites for hydroxylation is 2. The number of nitriles is 2. The van der Waals surface area contributed by atoms with Crippen LogP contribution < -0.4 is 10.6 Å². The van der Waals surface area contributed by atoms with Gasteiger partial charge in [0.05, 0.1) is 22.9 Å². The van der Waals surface area contributed by atoms with E-state index >= 15 is 0 Å². The molecule has 0 aromatic carbocycles. The van der Waals surface area contributed by atoms with Crippen LogP contribution in [0.5, 0.6) is 0 Å². The van der Waals surface area contributed by atoms with Crippen molar-refractivity contribution >= 4 is 24.5 Å². The molecule has 198 valence electrons. The van der Waals surface area contributed by atoms with E-state index in [1.165, 1.54) is 10.9 Å². The summed E-state index contributed by atoms with van der Waals surface area (Å²) in [6.45, 7) is 18.0. The molecule has 0 spiro atoms. The second kappa shape index (κ2) is 12.5. The maximum absolute atomic E-state index is 12.9. The van der Waals surface area contributed by atoms with Crippen LogP contribution >= 0.6 is 0 Å². The molecule has 2 amide bonds. The van der Waals surface area contributed by atoms with Gasteiger partial charge in [0.2, 0.25) is 0 Å². The summed E-state index contributed by atoms with van der Waals surface area (Å²) >= 11 is 0. The molecule has 0 radical (unpaired) electrons. The van der Waals surface area contributed by atoms with Gasteiger partial charge in [-0.1, -0.05) is 12.7 Å². The number of anilines is 1. The summed E-state index contributed by atoms with van der Waals surface area (Å²) in [5.41, 5.74) is 2.25. The third kappa shape index (κ3) is 7.87. The van der Waals surface area contributed by atoms with Crippen LogP contribution in [-0.4, -0.2) is 39.1 Å². The quantitative estimate of drug-likeness (QED) is 0.279. The molecule has 1 unspecified atom stereocenters. The Morgan fingerprint density at radius 2 is 2.00 bits per heavy atom. The molecule has 0 saturated heterocycles. The topological polar surface area (TPSA) is 158 Å². The first-order valence-electron chi connectivity index (χ1n) is 11.8. The summed E-state index contributed by atoms with van der Waals surface area (Å²) in [5, 5.41) is 28.4. The first kappa shape index (κ1) is 29.5. The molecule has 1 atom stereocenters. The molecule has 0 aliphatic carbocycles. The number of ether oxygens (including phenoxy) is 1. The van der Waals surface area contributed by atoms with Crippen LogP contribution in [0.4, 0.5) is 10.6 Å². The lowest BCUT2D eigenvalue weighted by Gasteiger charge is -2.20. The molecule has 2 aromatic heterocycles. The molecule has 0 fully saturated rings. The number of hydrogen-bond acceptors (Lipinski definition) is 8. The van der Waals surface area contributed by atoms with Gasteiger partial charge in [-0.3, -0.25) is 19.8 Å². The van der Waals surface area contributed by atoms with Gasteiger partial charge in [-0.25, -0.2) is 9.78 Å². The SMILES string of the molecule is C=NC(=C)/C(C#N)=C\CC(C)n1cc(C(=O)NCc2c(C)cc(NC(=O)OC(C)(C)C)nc2C)c(C#N)n1. The zero-order chi connectivity index (χ0) is 28.6. The Bertz CT molecular complexity index is 1340. The van der Waals surface area contributed by atoms with Gasteiger partial charge in [-0.2, -0.15) is 15.6 Å². The maximum Gasteiger partial charge on any atom is 0.413 e. The van der Waals surface area contributed by atoms with Crippen molar-refractivity contribution in [2.24, 2.45) is 4.99 Å². The number of amides is 2. The minimum atomic E-state index is -0.638. The molecule has 0 bridgehead atoms. The largest absolute Gasteiger partial charge is 0.444 e. The summed E-state index contributed by atoms with van der Waals surface area (Å²) < 4.78 is 6.77. The first-order valence-corrected chi connectivity index (χ1v) is 11.8. The average Bonchev–Trinajstić information content (AvgIpc) is 3.27. The molecule has 2 N–H and O–H groups in total. The standard InChI is InChI=1S/C27H32N8O3/c1-16-11-24(33-26(37)38-27(5,6)7)32-19(4)21(16)14-31-25(36)22-15-35(34-23(22)13-29)17(2)9-10-20(12-28)18(3)30-8/h10-11,15,17H,3,8-9,14H2,1-2,4-7H3,(H,31,36)(H,32,33,37)/b20-10-. The Balaban J connectivity index is 2.14. The fourth-order valence-electron chi connectivity index (χ4n) is 3.44. The number of hydrogen-bond donors (Lipinski definition) is 2. The van der Waals surface area contributed by atoms with Crippen molar-refractivity contribution in [1.82, 2.24) is 20.1 Å². The van der Waals surface area contributed by atoms with Gasteiger partial charge in [0.1, 0.15) is 23.6 Å². The lowest BCUT2D eigenvalue weighted by Crippen LogP contribution is -2.28. The van der Waals surface area contributed by atoms with E-state index in [1.807, 2.05) is 26.0 Å². The number of pyridine rings is 1. The predicted octanol–water partition coefficient (Wildman–Crippen LogP) is 4.66. The summed E-state index contributed by atoms with van der Waals surface area (Å²) in [5.74, 6) is -0.125. The Morgan fingerprint density at radius 1 is 1.32 bits per heavy atom. The molecule has 11 heteroatoms. The number of rotatable bonds is 9. The minimum Gasteiger partial charge on any atom is -0.444 e. The summed E-state index contributed by atoms with van der Waals surface area (Å²) in [6.07, 6.45) is 2.96. The van der Waals surface area contributed by atoms with Crippen molar-refractivity contribution in [3.05, 3.63) is 64.3 Å². The predicted molar refractivity (Wildman–Crippen MR) is 143 cm³/mol. The maximum atomic E-state index is 12.9. The number of aromatic nitrogens is 3. The highest BCUT2D eigenvalue weighted by Crippen LogP contribution is 2.20. The van der Waals surface area contributed by atoms with Gasteiger partial charge in [0.15, 0.2) is 5.69 Å². The van der Waals surface area contributed by atoms with Gasteiger partial charge >= 0.3 is 6.09 Å². The zero-order valence-electron chi connectivity index (χ0n) is 22.5. The first-order chi connectivity index (χ1) is 17.8. The van der Waals surface area contributed by atoms with Gasteiger partial charge in [0.25, 0.3) is 5.91 Å². The zero-order valence-corrected chi connectivity index (χ0v) is 22.5. The minimum absolute atomic E-state index is 0.0144. The van der Waals surface area contributed by atoms with Crippen molar-refractivity contribution in [3.63, 3.8) is 0 Å². The van der Waals surface area contributed by atoms with E-state index in [0.717, 1.165) is 11.1 Å². The van der Waals surface area contributed by atoms with Crippen LogP contribution in [0.2, 0.25) is 0 Å². The molecule has 2 heterocycles. The number of nitrogens with zero attached hydrogens (tertiary/aromatic N) is 6. The number of carbonyl (C=O) groups excluding carboxylic acids is 2. The highest BCUT2D eigenvalue weighted by molar-refractivity contribution is 5.96. The van der Waals surface area contributed by atoms with Crippen LogP contribution in [0, 0.1) is 36.5 Å². The van der Waals surface area contributed by atoms with Crippen molar-refractivity contribution in [2.45, 2.75) is 66.2 Å². The highest BCUT2D eigenvalue weighted by Gasteiger charge is 2.20.